The van der Waals surface area contributed by atoms with Gasteiger partial charge in [-0.15, -0.1) is 22.7 Å². The average molecular weight is 727 g/mol. The fourth-order valence-electron chi connectivity index (χ4n) is 8.44. The Balaban J connectivity index is 0.972. The molecular weight excluding hydrogens is 689 g/mol. The highest BCUT2D eigenvalue weighted by Crippen LogP contribution is 2.44. The van der Waals surface area contributed by atoms with E-state index in [1.165, 1.54) is 118 Å². The zero-order valence-electron chi connectivity index (χ0n) is 30.8. The minimum atomic E-state index is 1.25. The standard InChI is InChI=1S/C52H38S2/c1-31-11-5-7-13-41(31)43-15-9-17-45-47-29-37(21-25-49(47)53-51(43)45)39-23-19-35(27-33(39)3)36-20-24-40(34(4)28-36)38-22-26-50-48(30-38)46-18-10-16-44(52(46)54-50)42-14-8-6-12-32(42)2/h5-30H,1-4H3. The molecular formula is C52H38S2. The van der Waals surface area contributed by atoms with Crippen LogP contribution in [0.4, 0.5) is 0 Å². The second-order valence-electron chi connectivity index (χ2n) is 14.7. The van der Waals surface area contributed by atoms with Gasteiger partial charge < -0.3 is 0 Å². The Kier molecular flexibility index (Phi) is 7.87. The Morgan fingerprint density at radius 3 is 1.11 bits per heavy atom. The highest BCUT2D eigenvalue weighted by molar-refractivity contribution is 7.26. The molecule has 2 heterocycles. The number of fused-ring (bicyclic) bond motifs is 6. The maximum absolute atomic E-state index is 2.40. The number of hydrogen-bond acceptors (Lipinski definition) is 2. The van der Waals surface area contributed by atoms with E-state index in [2.05, 4.69) is 185 Å². The van der Waals surface area contributed by atoms with Crippen LogP contribution in [-0.4, -0.2) is 0 Å². The predicted molar refractivity (Wildman–Crippen MR) is 238 cm³/mol. The van der Waals surface area contributed by atoms with E-state index >= 15 is 0 Å². The normalized spacial score (nSPS) is 11.7. The van der Waals surface area contributed by atoms with Gasteiger partial charge in [0.25, 0.3) is 0 Å². The lowest BCUT2D eigenvalue weighted by atomic mass is 9.92. The van der Waals surface area contributed by atoms with Crippen LogP contribution in [-0.2, 0) is 0 Å². The van der Waals surface area contributed by atoms with Gasteiger partial charge in [-0.1, -0.05) is 133 Å². The molecule has 8 aromatic carbocycles. The molecule has 0 spiro atoms. The van der Waals surface area contributed by atoms with E-state index in [9.17, 15) is 0 Å². The van der Waals surface area contributed by atoms with Crippen molar-refractivity contribution in [1.29, 1.82) is 0 Å². The first kappa shape index (κ1) is 32.8. The number of aryl methyl sites for hydroxylation is 4. The smallest absolute Gasteiger partial charge is 0.0433 e. The van der Waals surface area contributed by atoms with Crippen LogP contribution >= 0.6 is 22.7 Å². The number of hydrogen-bond donors (Lipinski definition) is 0. The quantitative estimate of drug-likeness (QED) is 0.166. The number of rotatable bonds is 5. The van der Waals surface area contributed by atoms with E-state index in [0.29, 0.717) is 0 Å². The highest BCUT2D eigenvalue weighted by Gasteiger charge is 2.16. The number of thiophene rings is 2. The first-order valence-corrected chi connectivity index (χ1v) is 20.3. The van der Waals surface area contributed by atoms with Crippen molar-refractivity contribution in [1.82, 2.24) is 0 Å². The highest BCUT2D eigenvalue weighted by atomic mass is 32.1. The van der Waals surface area contributed by atoms with Crippen LogP contribution in [0.2, 0.25) is 0 Å². The van der Waals surface area contributed by atoms with E-state index in [4.69, 9.17) is 0 Å². The van der Waals surface area contributed by atoms with Crippen molar-refractivity contribution < 1.29 is 0 Å². The SMILES string of the molecule is Cc1cc(-c2ccc(-c3ccc4sc5c(-c6ccccc6C)cccc5c4c3)c(C)c2)ccc1-c1ccc2sc3c(-c4ccccc4C)cccc3c2c1. The Morgan fingerprint density at radius 2 is 0.685 bits per heavy atom. The molecule has 0 unspecified atom stereocenters. The molecule has 2 aromatic heterocycles. The molecule has 0 saturated heterocycles. The van der Waals surface area contributed by atoms with E-state index in [1.807, 2.05) is 22.7 Å². The van der Waals surface area contributed by atoms with Crippen LogP contribution in [0.15, 0.2) is 158 Å². The van der Waals surface area contributed by atoms with Crippen LogP contribution in [0.25, 0.3) is 96.0 Å². The molecule has 0 aliphatic heterocycles. The van der Waals surface area contributed by atoms with Crippen molar-refractivity contribution in [3.8, 4) is 55.6 Å². The Labute approximate surface area is 324 Å². The molecule has 0 aliphatic rings. The fraction of sp³-hybridized carbons (Fsp3) is 0.0769. The summed E-state index contributed by atoms with van der Waals surface area (Å²) in [6, 6.07) is 58.8. The van der Waals surface area contributed by atoms with Crippen molar-refractivity contribution in [2.75, 3.05) is 0 Å². The van der Waals surface area contributed by atoms with E-state index in [1.54, 1.807) is 0 Å². The van der Waals surface area contributed by atoms with Crippen molar-refractivity contribution >= 4 is 63.0 Å². The summed E-state index contributed by atoms with van der Waals surface area (Å²) in [4.78, 5) is 0. The summed E-state index contributed by atoms with van der Waals surface area (Å²) in [6.45, 7) is 8.90. The summed E-state index contributed by atoms with van der Waals surface area (Å²) >= 11 is 3.80. The predicted octanol–water partition coefficient (Wildman–Crippen LogP) is 16.0. The minimum Gasteiger partial charge on any atom is -0.135 e. The van der Waals surface area contributed by atoms with Crippen LogP contribution in [0.5, 0.6) is 0 Å². The molecule has 2 heteroatoms. The molecule has 0 fully saturated rings. The van der Waals surface area contributed by atoms with Crippen molar-refractivity contribution in [2.24, 2.45) is 0 Å². The summed E-state index contributed by atoms with van der Waals surface area (Å²) in [6.07, 6.45) is 0. The van der Waals surface area contributed by atoms with Crippen LogP contribution in [0.3, 0.4) is 0 Å². The third-order valence-electron chi connectivity index (χ3n) is 11.3. The molecule has 0 radical (unpaired) electrons. The van der Waals surface area contributed by atoms with Gasteiger partial charge in [0.1, 0.15) is 0 Å². The zero-order valence-corrected chi connectivity index (χ0v) is 32.5. The lowest BCUT2D eigenvalue weighted by molar-refractivity contribution is 1.43. The third-order valence-corrected chi connectivity index (χ3v) is 13.7. The minimum absolute atomic E-state index is 1.25. The van der Waals surface area contributed by atoms with E-state index in [0.717, 1.165) is 0 Å². The molecule has 0 saturated carbocycles. The van der Waals surface area contributed by atoms with E-state index in [-0.39, 0.29) is 0 Å². The van der Waals surface area contributed by atoms with Gasteiger partial charge in [0, 0.05) is 40.3 Å². The van der Waals surface area contributed by atoms with Gasteiger partial charge in [-0.3, -0.25) is 0 Å². The first-order valence-electron chi connectivity index (χ1n) is 18.7. The van der Waals surface area contributed by atoms with E-state index < -0.39 is 0 Å². The molecule has 10 rings (SSSR count). The monoisotopic (exact) mass is 726 g/mol. The van der Waals surface area contributed by atoms with Gasteiger partial charge in [0.2, 0.25) is 0 Å². The molecule has 10 aromatic rings. The van der Waals surface area contributed by atoms with Crippen LogP contribution in [0, 0.1) is 27.7 Å². The van der Waals surface area contributed by atoms with Gasteiger partial charge in [-0.2, -0.15) is 0 Å². The summed E-state index contributed by atoms with van der Waals surface area (Å²) in [5.41, 5.74) is 18.1. The van der Waals surface area contributed by atoms with Crippen LogP contribution < -0.4 is 0 Å². The Hall–Kier alpha value is -5.80. The third kappa shape index (κ3) is 5.40. The van der Waals surface area contributed by atoms with Gasteiger partial charge in [0.05, 0.1) is 0 Å². The largest absolute Gasteiger partial charge is 0.135 e. The first-order chi connectivity index (χ1) is 26.4. The Bertz CT molecular complexity index is 2890. The lowest BCUT2D eigenvalue weighted by Crippen LogP contribution is -1.88. The second kappa shape index (κ2) is 13.0. The van der Waals surface area contributed by atoms with Crippen molar-refractivity contribution in [3.05, 3.63) is 180 Å². The van der Waals surface area contributed by atoms with Gasteiger partial charge in [-0.25, -0.2) is 0 Å². The van der Waals surface area contributed by atoms with Crippen LogP contribution in [0.1, 0.15) is 22.3 Å². The maximum atomic E-state index is 2.40. The maximum Gasteiger partial charge on any atom is 0.0433 e. The van der Waals surface area contributed by atoms with Gasteiger partial charge in [0.15, 0.2) is 0 Å². The lowest BCUT2D eigenvalue weighted by Gasteiger charge is -2.12. The summed E-state index contributed by atoms with van der Waals surface area (Å²) in [7, 11) is 0. The second-order valence-corrected chi connectivity index (χ2v) is 16.8. The number of benzene rings is 8. The van der Waals surface area contributed by atoms with Crippen molar-refractivity contribution in [3.63, 3.8) is 0 Å². The molecule has 0 aliphatic carbocycles. The van der Waals surface area contributed by atoms with Crippen molar-refractivity contribution in [2.45, 2.75) is 27.7 Å². The molecule has 0 atom stereocenters. The molecule has 0 nitrogen and oxygen atoms in total. The summed E-state index contributed by atoms with van der Waals surface area (Å²) in [5.74, 6) is 0. The Morgan fingerprint density at radius 1 is 0.278 bits per heavy atom. The average Bonchev–Trinajstić information content (AvgIpc) is 3.76. The topological polar surface area (TPSA) is 0 Å². The summed E-state index contributed by atoms with van der Waals surface area (Å²) in [5, 5.41) is 5.33. The molecule has 54 heavy (non-hydrogen) atoms. The summed E-state index contributed by atoms with van der Waals surface area (Å²) < 4.78 is 5.39. The van der Waals surface area contributed by atoms with Gasteiger partial charge in [-0.05, 0) is 130 Å². The molecule has 258 valence electrons. The zero-order chi connectivity index (χ0) is 36.5. The molecule has 0 amide bonds. The fourth-order valence-corrected chi connectivity index (χ4v) is 10.9. The molecule has 0 bridgehead atoms. The molecule has 0 N–H and O–H groups in total. The van der Waals surface area contributed by atoms with Gasteiger partial charge >= 0.3 is 0 Å².